The number of hydrogen-bond acceptors (Lipinski definition) is 3. The molecule has 0 fully saturated rings. The second-order valence-electron chi connectivity index (χ2n) is 6.61. The number of aromatic nitrogens is 2. The molecule has 152 valence electrons. The molecule has 1 aromatic heterocycles. The Morgan fingerprint density at radius 3 is 2.62 bits per heavy atom. The summed E-state index contributed by atoms with van der Waals surface area (Å²) >= 11 is 4.94. The van der Waals surface area contributed by atoms with Gasteiger partial charge in [-0.05, 0) is 54.5 Å². The van der Waals surface area contributed by atoms with Crippen molar-refractivity contribution < 1.29 is 18.0 Å². The summed E-state index contributed by atoms with van der Waals surface area (Å²) in [6, 6.07) is 8.83. The molecule has 29 heavy (non-hydrogen) atoms. The fraction of sp³-hybridized carbons (Fsp3) is 0.250. The van der Waals surface area contributed by atoms with Gasteiger partial charge in [0.1, 0.15) is 0 Å². The average Bonchev–Trinajstić information content (AvgIpc) is 2.66. The van der Waals surface area contributed by atoms with Gasteiger partial charge < -0.3 is 10.3 Å². The zero-order chi connectivity index (χ0) is 21.2. The van der Waals surface area contributed by atoms with E-state index < -0.39 is 23.7 Å². The molecule has 0 spiro atoms. The number of halogens is 3. The molecular formula is C20H18F3N3O2S. The Morgan fingerprint density at radius 1 is 1.17 bits per heavy atom. The molecule has 2 aromatic carbocycles. The van der Waals surface area contributed by atoms with Crippen molar-refractivity contribution in [2.75, 3.05) is 0 Å². The maximum absolute atomic E-state index is 13.0. The summed E-state index contributed by atoms with van der Waals surface area (Å²) in [5.74, 6) is -0.456. The molecular weight excluding hydrogens is 403 g/mol. The predicted molar refractivity (Wildman–Crippen MR) is 106 cm³/mol. The second-order valence-corrected chi connectivity index (χ2v) is 7.01. The van der Waals surface area contributed by atoms with Crippen molar-refractivity contribution in [3.05, 3.63) is 74.3 Å². The lowest BCUT2D eigenvalue weighted by molar-refractivity contribution is -0.137. The Labute approximate surface area is 169 Å². The minimum Gasteiger partial charge on any atom is -0.345 e. The molecule has 0 aliphatic heterocycles. The van der Waals surface area contributed by atoms with E-state index in [1.54, 1.807) is 6.07 Å². The third-order valence-electron chi connectivity index (χ3n) is 4.50. The first-order valence-electron chi connectivity index (χ1n) is 8.93. The van der Waals surface area contributed by atoms with E-state index in [-0.39, 0.29) is 15.9 Å². The van der Waals surface area contributed by atoms with Crippen LogP contribution in [0, 0.1) is 4.77 Å². The van der Waals surface area contributed by atoms with Crippen LogP contribution in [0.25, 0.3) is 10.9 Å². The lowest BCUT2D eigenvalue weighted by Gasteiger charge is -2.20. The molecule has 3 aromatic rings. The highest BCUT2D eigenvalue weighted by Crippen LogP contribution is 2.31. The molecule has 1 heterocycles. The van der Waals surface area contributed by atoms with E-state index in [1.807, 2.05) is 6.92 Å². The Balaban J connectivity index is 1.91. The van der Waals surface area contributed by atoms with E-state index in [1.165, 1.54) is 24.3 Å². The van der Waals surface area contributed by atoms with Gasteiger partial charge in [0.15, 0.2) is 4.77 Å². The average molecular weight is 421 g/mol. The summed E-state index contributed by atoms with van der Waals surface area (Å²) in [4.78, 5) is 29.9. The molecule has 5 nitrogen and oxygen atoms in total. The van der Waals surface area contributed by atoms with Gasteiger partial charge in [-0.15, -0.1) is 0 Å². The van der Waals surface area contributed by atoms with E-state index in [9.17, 15) is 22.8 Å². The molecule has 0 saturated heterocycles. The lowest BCUT2D eigenvalue weighted by Crippen LogP contribution is -2.28. The van der Waals surface area contributed by atoms with Gasteiger partial charge in [0.2, 0.25) is 0 Å². The number of amides is 1. The summed E-state index contributed by atoms with van der Waals surface area (Å²) in [6.07, 6.45) is -3.32. The number of rotatable bonds is 5. The fourth-order valence-electron chi connectivity index (χ4n) is 3.10. The van der Waals surface area contributed by atoms with Gasteiger partial charge in [0.25, 0.3) is 11.5 Å². The zero-order valence-electron chi connectivity index (χ0n) is 15.4. The monoisotopic (exact) mass is 421 g/mol. The summed E-state index contributed by atoms with van der Waals surface area (Å²) in [7, 11) is 0. The standard InChI is InChI=1S/C20H18F3N3O2S/c1-2-4-15(11-5-3-6-13(9-11)20(21,22)23)24-17(27)12-7-8-14-16(10-12)25-19(29)26-18(14)28/h3,5-10,15H,2,4H2,1H3,(H,24,27)(H2,25,26,28,29). The quantitative estimate of drug-likeness (QED) is 0.514. The number of carbonyl (C=O) groups is 1. The number of nitrogens with one attached hydrogen (secondary N) is 3. The number of hydrogen-bond donors (Lipinski definition) is 3. The van der Waals surface area contributed by atoms with Crippen LogP contribution in [0.1, 0.15) is 47.3 Å². The lowest BCUT2D eigenvalue weighted by atomic mass is 9.99. The van der Waals surface area contributed by atoms with Gasteiger partial charge in [-0.2, -0.15) is 13.2 Å². The first-order valence-corrected chi connectivity index (χ1v) is 9.34. The van der Waals surface area contributed by atoms with E-state index in [2.05, 4.69) is 15.3 Å². The number of benzene rings is 2. The largest absolute Gasteiger partial charge is 0.416 e. The first-order chi connectivity index (χ1) is 13.7. The van der Waals surface area contributed by atoms with Crippen LogP contribution in [0.4, 0.5) is 13.2 Å². The molecule has 1 unspecified atom stereocenters. The van der Waals surface area contributed by atoms with Crippen molar-refractivity contribution >= 4 is 29.0 Å². The van der Waals surface area contributed by atoms with E-state index in [0.29, 0.717) is 29.3 Å². The van der Waals surface area contributed by atoms with Gasteiger partial charge in [-0.25, -0.2) is 0 Å². The van der Waals surface area contributed by atoms with Crippen LogP contribution in [-0.2, 0) is 6.18 Å². The minimum atomic E-state index is -4.46. The van der Waals surface area contributed by atoms with E-state index >= 15 is 0 Å². The highest BCUT2D eigenvalue weighted by Gasteiger charge is 2.31. The SMILES string of the molecule is CCCC(NC(=O)c1ccc2c(=O)[nH]c(=S)[nH]c2c1)c1cccc(C(F)(F)F)c1. The maximum atomic E-state index is 13.0. The predicted octanol–water partition coefficient (Wildman–Crippen LogP) is 4.88. The maximum Gasteiger partial charge on any atom is 0.416 e. The Kier molecular flexibility index (Phi) is 5.88. The van der Waals surface area contributed by atoms with Gasteiger partial charge in [0.05, 0.1) is 22.5 Å². The van der Waals surface area contributed by atoms with Crippen molar-refractivity contribution in [3.63, 3.8) is 0 Å². The van der Waals surface area contributed by atoms with Crippen LogP contribution in [0.5, 0.6) is 0 Å². The highest BCUT2D eigenvalue weighted by atomic mass is 32.1. The summed E-state index contributed by atoms with van der Waals surface area (Å²) in [6.45, 7) is 1.88. The molecule has 0 saturated carbocycles. The smallest absolute Gasteiger partial charge is 0.345 e. The molecule has 9 heteroatoms. The Hall–Kier alpha value is -2.94. The van der Waals surface area contributed by atoms with Gasteiger partial charge in [-0.3, -0.25) is 14.6 Å². The van der Waals surface area contributed by atoms with Crippen LogP contribution in [0.2, 0.25) is 0 Å². The van der Waals surface area contributed by atoms with Gasteiger partial charge in [-0.1, -0.05) is 25.5 Å². The Morgan fingerprint density at radius 2 is 1.93 bits per heavy atom. The molecule has 1 atom stereocenters. The molecule has 0 aliphatic rings. The van der Waals surface area contributed by atoms with Crippen LogP contribution >= 0.6 is 12.2 Å². The van der Waals surface area contributed by atoms with Crippen LogP contribution in [-0.4, -0.2) is 15.9 Å². The number of alkyl halides is 3. The summed E-state index contributed by atoms with van der Waals surface area (Å²) in [5, 5.41) is 3.14. The topological polar surface area (TPSA) is 77.8 Å². The molecule has 3 rings (SSSR count). The third kappa shape index (κ3) is 4.73. The van der Waals surface area contributed by atoms with Gasteiger partial charge >= 0.3 is 6.18 Å². The molecule has 0 bridgehead atoms. The van der Waals surface area contributed by atoms with Crippen molar-refractivity contribution in [3.8, 4) is 0 Å². The second kappa shape index (κ2) is 8.20. The van der Waals surface area contributed by atoms with Crippen molar-refractivity contribution in [1.29, 1.82) is 0 Å². The van der Waals surface area contributed by atoms with Crippen LogP contribution < -0.4 is 10.9 Å². The third-order valence-corrected chi connectivity index (χ3v) is 4.70. The summed E-state index contributed by atoms with van der Waals surface area (Å²) in [5.41, 5.74) is -0.0857. The number of aromatic amines is 2. The molecule has 1 amide bonds. The number of fused-ring (bicyclic) bond motifs is 1. The summed E-state index contributed by atoms with van der Waals surface area (Å²) < 4.78 is 39.2. The fourth-order valence-corrected chi connectivity index (χ4v) is 3.30. The highest BCUT2D eigenvalue weighted by molar-refractivity contribution is 7.71. The zero-order valence-corrected chi connectivity index (χ0v) is 16.2. The Bertz CT molecular complexity index is 1170. The number of H-pyrrole nitrogens is 2. The molecule has 0 aliphatic carbocycles. The van der Waals surface area contributed by atoms with Crippen LogP contribution in [0.15, 0.2) is 47.3 Å². The number of carbonyl (C=O) groups excluding carboxylic acids is 1. The molecule has 3 N–H and O–H groups in total. The first kappa shape index (κ1) is 20.8. The van der Waals surface area contributed by atoms with Gasteiger partial charge in [0, 0.05) is 5.56 Å². The minimum absolute atomic E-state index is 0.132. The van der Waals surface area contributed by atoms with Crippen molar-refractivity contribution in [2.24, 2.45) is 0 Å². The van der Waals surface area contributed by atoms with Crippen molar-refractivity contribution in [1.82, 2.24) is 15.3 Å². The van der Waals surface area contributed by atoms with Crippen molar-refractivity contribution in [2.45, 2.75) is 32.0 Å². The van der Waals surface area contributed by atoms with Crippen LogP contribution in [0.3, 0.4) is 0 Å². The van der Waals surface area contributed by atoms with E-state index in [4.69, 9.17) is 12.2 Å². The molecule has 0 radical (unpaired) electrons. The normalized spacial score (nSPS) is 12.7. The van der Waals surface area contributed by atoms with E-state index in [0.717, 1.165) is 12.1 Å².